The summed E-state index contributed by atoms with van der Waals surface area (Å²) >= 11 is 0. The fourth-order valence-electron chi connectivity index (χ4n) is 2.82. The first kappa shape index (κ1) is 29.0. The molecule has 1 heterocycles. The molecular weight excluding hydrogens is 470 g/mol. The van der Waals surface area contributed by atoms with Crippen LogP contribution in [0.1, 0.15) is 31.4 Å². The molecule has 11 N–H and O–H groups in total. The average molecular weight is 499 g/mol. The first-order chi connectivity index (χ1) is 16.4. The predicted molar refractivity (Wildman–Crippen MR) is 116 cm³/mol. The van der Waals surface area contributed by atoms with Gasteiger partial charge in [-0.2, -0.15) is 0 Å². The number of rotatable bonds is 16. The van der Waals surface area contributed by atoms with Crippen molar-refractivity contribution in [3.8, 4) is 0 Å². The lowest BCUT2D eigenvalue weighted by molar-refractivity contribution is -0.143. The summed E-state index contributed by atoms with van der Waals surface area (Å²) in [5.41, 5.74) is 11.5. The Labute approximate surface area is 198 Å². The molecular formula is C19H29N7O9. The van der Waals surface area contributed by atoms with Crippen LogP contribution >= 0.6 is 0 Å². The predicted octanol–water partition coefficient (Wildman–Crippen LogP) is -4.06. The Kier molecular flexibility index (Phi) is 11.8. The van der Waals surface area contributed by atoms with Crippen molar-refractivity contribution in [2.45, 2.75) is 56.3 Å². The summed E-state index contributed by atoms with van der Waals surface area (Å²) in [6.07, 6.45) is 1.36. The van der Waals surface area contributed by atoms with Crippen LogP contribution in [0.5, 0.6) is 0 Å². The van der Waals surface area contributed by atoms with Crippen LogP contribution in [0.2, 0.25) is 0 Å². The van der Waals surface area contributed by atoms with Gasteiger partial charge in [-0.1, -0.05) is 0 Å². The number of nitrogens with zero attached hydrogens (tertiary/aromatic N) is 1. The lowest BCUT2D eigenvalue weighted by Gasteiger charge is -2.24. The van der Waals surface area contributed by atoms with Crippen LogP contribution in [0.15, 0.2) is 12.5 Å². The maximum atomic E-state index is 12.7. The zero-order valence-corrected chi connectivity index (χ0v) is 18.6. The molecule has 16 heteroatoms. The molecule has 1 rings (SSSR count). The lowest BCUT2D eigenvalue weighted by atomic mass is 10.1. The Balaban J connectivity index is 2.85. The number of amides is 4. The summed E-state index contributed by atoms with van der Waals surface area (Å²) in [6.45, 7) is -0.946. The molecule has 0 aliphatic carbocycles. The van der Waals surface area contributed by atoms with E-state index in [0.29, 0.717) is 5.69 Å². The number of primary amides is 1. The van der Waals surface area contributed by atoms with Gasteiger partial charge in [-0.15, -0.1) is 0 Å². The number of imidazole rings is 1. The number of carboxylic acids is 2. The Morgan fingerprint density at radius 2 is 1.49 bits per heavy atom. The molecule has 0 radical (unpaired) electrons. The minimum Gasteiger partial charge on any atom is -0.481 e. The summed E-state index contributed by atoms with van der Waals surface area (Å²) in [7, 11) is 0. The molecule has 16 nitrogen and oxygen atoms in total. The molecule has 0 bridgehead atoms. The van der Waals surface area contributed by atoms with Gasteiger partial charge in [0.05, 0.1) is 19.0 Å². The first-order valence-electron chi connectivity index (χ1n) is 10.4. The normalized spacial score (nSPS) is 14.1. The molecule has 0 saturated heterocycles. The van der Waals surface area contributed by atoms with Gasteiger partial charge >= 0.3 is 11.9 Å². The number of aromatic nitrogens is 2. The summed E-state index contributed by atoms with van der Waals surface area (Å²) in [4.78, 5) is 77.2. The third kappa shape index (κ3) is 10.6. The van der Waals surface area contributed by atoms with Crippen LogP contribution in [-0.2, 0) is 35.2 Å². The van der Waals surface area contributed by atoms with Gasteiger partial charge in [0.15, 0.2) is 0 Å². The second-order valence-corrected chi connectivity index (χ2v) is 7.53. The fraction of sp³-hybridized carbons (Fsp3) is 0.526. The van der Waals surface area contributed by atoms with E-state index >= 15 is 0 Å². The van der Waals surface area contributed by atoms with Crippen LogP contribution in [0, 0.1) is 0 Å². The van der Waals surface area contributed by atoms with Gasteiger partial charge < -0.3 is 47.7 Å². The zero-order valence-electron chi connectivity index (χ0n) is 18.6. The Morgan fingerprint density at radius 3 is 2.00 bits per heavy atom. The maximum absolute atomic E-state index is 12.7. The highest BCUT2D eigenvalue weighted by atomic mass is 16.4. The number of carbonyl (C=O) groups excluding carboxylic acids is 4. The third-order valence-electron chi connectivity index (χ3n) is 4.72. The summed E-state index contributed by atoms with van der Waals surface area (Å²) in [5.74, 6) is -6.39. The van der Waals surface area contributed by atoms with Gasteiger partial charge in [0.1, 0.15) is 18.1 Å². The lowest BCUT2D eigenvalue weighted by Crippen LogP contribution is -2.58. The van der Waals surface area contributed by atoms with Gasteiger partial charge in [-0.3, -0.25) is 24.0 Å². The van der Waals surface area contributed by atoms with Crippen molar-refractivity contribution in [3.05, 3.63) is 18.2 Å². The van der Waals surface area contributed by atoms with Gasteiger partial charge in [-0.25, -0.2) is 9.78 Å². The molecule has 0 aliphatic heterocycles. The zero-order chi connectivity index (χ0) is 26.5. The third-order valence-corrected chi connectivity index (χ3v) is 4.72. The highest BCUT2D eigenvalue weighted by molar-refractivity contribution is 5.94. The number of nitrogens with one attached hydrogen (secondary N) is 4. The van der Waals surface area contributed by atoms with Crippen molar-refractivity contribution >= 4 is 35.6 Å². The van der Waals surface area contributed by atoms with Crippen molar-refractivity contribution in [2.24, 2.45) is 11.5 Å². The van der Waals surface area contributed by atoms with Crippen LogP contribution in [0.4, 0.5) is 0 Å². The maximum Gasteiger partial charge on any atom is 0.326 e. The van der Waals surface area contributed by atoms with Crippen LogP contribution in [0.25, 0.3) is 0 Å². The summed E-state index contributed by atoms with van der Waals surface area (Å²) in [6, 6.07) is -5.69. The largest absolute Gasteiger partial charge is 0.481 e. The highest BCUT2D eigenvalue weighted by Gasteiger charge is 2.30. The van der Waals surface area contributed by atoms with Crippen LogP contribution in [0.3, 0.4) is 0 Å². The standard InChI is InChI=1S/C19H29N7O9/c20-10(5-9-6-22-8-23-9)16(31)24-11(1-3-14(21)28)17(32)26-13(7-27)18(33)25-12(19(34)35)2-4-15(29)30/h6,8,10-13,27H,1-5,7,20H2,(H2,21,28)(H,22,23)(H,24,31)(H,25,33)(H,26,32)(H,29,30)(H,34,35). The van der Waals surface area contributed by atoms with E-state index in [4.69, 9.17) is 21.7 Å². The summed E-state index contributed by atoms with van der Waals surface area (Å²) in [5, 5.41) is 33.9. The first-order valence-corrected chi connectivity index (χ1v) is 10.4. The topological polar surface area (TPSA) is 280 Å². The minimum absolute atomic E-state index is 0.0601. The molecule has 0 spiro atoms. The number of aliphatic hydroxyl groups is 1. The number of nitrogens with two attached hydrogens (primary N) is 2. The molecule has 35 heavy (non-hydrogen) atoms. The van der Waals surface area contributed by atoms with E-state index < -0.39 is 79.2 Å². The Hall–Kier alpha value is -4.05. The summed E-state index contributed by atoms with van der Waals surface area (Å²) < 4.78 is 0. The molecule has 0 aliphatic rings. The molecule has 4 unspecified atom stereocenters. The number of aromatic amines is 1. The molecule has 0 aromatic carbocycles. The molecule has 1 aromatic rings. The van der Waals surface area contributed by atoms with E-state index in [2.05, 4.69) is 20.6 Å². The molecule has 1 aromatic heterocycles. The molecule has 0 saturated carbocycles. The van der Waals surface area contributed by atoms with Crippen molar-refractivity contribution < 1.29 is 44.1 Å². The van der Waals surface area contributed by atoms with Gasteiger partial charge in [-0.05, 0) is 12.8 Å². The second-order valence-electron chi connectivity index (χ2n) is 7.53. The highest BCUT2D eigenvalue weighted by Crippen LogP contribution is 2.03. The Bertz CT molecular complexity index is 906. The average Bonchev–Trinajstić information content (AvgIpc) is 3.29. The number of aliphatic carboxylic acids is 2. The van der Waals surface area contributed by atoms with Gasteiger partial charge in [0, 0.05) is 31.2 Å². The van der Waals surface area contributed by atoms with E-state index in [1.165, 1.54) is 12.5 Å². The number of hydrogen-bond donors (Lipinski definition) is 9. The van der Waals surface area contributed by atoms with E-state index in [-0.39, 0.29) is 19.3 Å². The quantitative estimate of drug-likeness (QED) is 0.105. The molecule has 4 amide bonds. The van der Waals surface area contributed by atoms with E-state index in [1.807, 2.05) is 5.32 Å². The van der Waals surface area contributed by atoms with E-state index in [0.717, 1.165) is 0 Å². The van der Waals surface area contributed by atoms with Gasteiger partial charge in [0.25, 0.3) is 0 Å². The SMILES string of the molecule is NC(=O)CCC(NC(=O)C(N)Cc1cnc[nH]1)C(=O)NC(CO)C(=O)NC(CCC(=O)O)C(=O)O. The van der Waals surface area contributed by atoms with Crippen molar-refractivity contribution in [3.63, 3.8) is 0 Å². The number of aliphatic hydroxyl groups excluding tert-OH is 1. The monoisotopic (exact) mass is 499 g/mol. The number of carboxylic acid groups (broad SMARTS) is 2. The number of hydrogen-bond acceptors (Lipinski definition) is 9. The minimum atomic E-state index is -1.64. The van der Waals surface area contributed by atoms with E-state index in [1.54, 1.807) is 0 Å². The molecule has 4 atom stereocenters. The fourth-order valence-corrected chi connectivity index (χ4v) is 2.82. The molecule has 0 fully saturated rings. The number of H-pyrrole nitrogens is 1. The molecule has 194 valence electrons. The van der Waals surface area contributed by atoms with E-state index in [9.17, 15) is 33.9 Å². The van der Waals surface area contributed by atoms with Crippen molar-refractivity contribution in [1.82, 2.24) is 25.9 Å². The van der Waals surface area contributed by atoms with Crippen molar-refractivity contribution in [1.29, 1.82) is 0 Å². The van der Waals surface area contributed by atoms with Crippen molar-refractivity contribution in [2.75, 3.05) is 6.61 Å². The second kappa shape index (κ2) is 14.3. The Morgan fingerprint density at radius 1 is 0.914 bits per heavy atom. The van der Waals surface area contributed by atoms with Crippen LogP contribution in [-0.4, -0.2) is 91.6 Å². The van der Waals surface area contributed by atoms with Crippen LogP contribution < -0.4 is 27.4 Å². The smallest absolute Gasteiger partial charge is 0.326 e. The van der Waals surface area contributed by atoms with Gasteiger partial charge in [0.2, 0.25) is 23.6 Å². The number of carbonyl (C=O) groups is 6.